The summed E-state index contributed by atoms with van der Waals surface area (Å²) in [7, 11) is 4.26. The lowest BCUT2D eigenvalue weighted by atomic mass is 9.99. The molecule has 0 heterocycles. The lowest BCUT2D eigenvalue weighted by molar-refractivity contribution is 0.180. The molecular weight excluding hydrogens is 365 g/mol. The molecule has 2 rings (SSSR count). The summed E-state index contributed by atoms with van der Waals surface area (Å²) in [4.78, 5) is 23.4. The number of oxime groups is 1. The number of carbonyl (C=O) groups excluding carboxylic acids is 1. The average Bonchev–Trinajstić information content (AvgIpc) is 2.72. The van der Waals surface area contributed by atoms with Crippen molar-refractivity contribution in [3.8, 4) is 0 Å². The minimum atomic E-state index is -0.550. The Bertz CT molecular complexity index is 895. The summed E-state index contributed by atoms with van der Waals surface area (Å²) >= 11 is 0. The van der Waals surface area contributed by atoms with Gasteiger partial charge in [-0.05, 0) is 43.3 Å². The summed E-state index contributed by atoms with van der Waals surface area (Å²) in [5.41, 5.74) is 2.60. The van der Waals surface area contributed by atoms with Crippen molar-refractivity contribution < 1.29 is 23.6 Å². The summed E-state index contributed by atoms with van der Waals surface area (Å²) in [5, 5.41) is 4.04. The Morgan fingerprint density at radius 3 is 2.32 bits per heavy atom. The molecule has 0 saturated carbocycles. The molecule has 2 aromatic carbocycles. The zero-order valence-corrected chi connectivity index (χ0v) is 16.1. The SMILES string of the molecule is CO/N=C(\C(C)=C(/ON)c1ccccc1N(C)C(=O)OC)c1ccc(F)cc1. The van der Waals surface area contributed by atoms with Gasteiger partial charge in [0, 0.05) is 23.7 Å². The van der Waals surface area contributed by atoms with Crippen molar-refractivity contribution >= 4 is 23.3 Å². The quantitative estimate of drug-likeness (QED) is 0.464. The molecular formula is C20H22FN3O4. The smallest absolute Gasteiger partial charge is 0.413 e. The van der Waals surface area contributed by atoms with Gasteiger partial charge in [0.2, 0.25) is 0 Å². The molecule has 0 aromatic heterocycles. The first-order valence-corrected chi connectivity index (χ1v) is 8.30. The number of methoxy groups -OCH3 is 1. The van der Waals surface area contributed by atoms with Gasteiger partial charge in [0.1, 0.15) is 18.6 Å². The van der Waals surface area contributed by atoms with Gasteiger partial charge in [0.25, 0.3) is 0 Å². The van der Waals surface area contributed by atoms with Crippen LogP contribution in [0.2, 0.25) is 0 Å². The van der Waals surface area contributed by atoms with Gasteiger partial charge in [0.15, 0.2) is 5.76 Å². The number of allylic oxidation sites excluding steroid dienone is 1. The average molecular weight is 387 g/mol. The van der Waals surface area contributed by atoms with E-state index < -0.39 is 6.09 Å². The van der Waals surface area contributed by atoms with E-state index in [0.29, 0.717) is 28.1 Å². The van der Waals surface area contributed by atoms with E-state index in [9.17, 15) is 9.18 Å². The summed E-state index contributed by atoms with van der Waals surface area (Å²) in [5.74, 6) is 5.47. The summed E-state index contributed by atoms with van der Waals surface area (Å²) in [6.07, 6.45) is -0.550. The number of nitrogens with zero attached hydrogens (tertiary/aromatic N) is 2. The van der Waals surface area contributed by atoms with E-state index in [1.165, 1.54) is 31.3 Å². The molecule has 148 valence electrons. The summed E-state index contributed by atoms with van der Waals surface area (Å²) in [6, 6.07) is 12.8. The molecule has 0 bridgehead atoms. The van der Waals surface area contributed by atoms with E-state index >= 15 is 0 Å². The molecule has 0 aliphatic rings. The van der Waals surface area contributed by atoms with Crippen molar-refractivity contribution in [1.29, 1.82) is 0 Å². The molecule has 0 spiro atoms. The third-order valence-electron chi connectivity index (χ3n) is 4.07. The van der Waals surface area contributed by atoms with Crippen LogP contribution in [0, 0.1) is 5.82 Å². The van der Waals surface area contributed by atoms with Crippen molar-refractivity contribution in [1.82, 2.24) is 0 Å². The molecule has 0 atom stereocenters. The molecule has 0 fully saturated rings. The van der Waals surface area contributed by atoms with Crippen LogP contribution in [-0.4, -0.2) is 33.1 Å². The maximum Gasteiger partial charge on any atom is 0.413 e. The second-order valence-corrected chi connectivity index (χ2v) is 5.75. The first-order valence-electron chi connectivity index (χ1n) is 8.30. The van der Waals surface area contributed by atoms with E-state index in [2.05, 4.69) is 5.16 Å². The van der Waals surface area contributed by atoms with Crippen LogP contribution in [0.4, 0.5) is 14.9 Å². The van der Waals surface area contributed by atoms with E-state index in [-0.39, 0.29) is 11.6 Å². The predicted molar refractivity (Wildman–Crippen MR) is 105 cm³/mol. The van der Waals surface area contributed by atoms with Crippen LogP contribution in [0.1, 0.15) is 18.1 Å². The van der Waals surface area contributed by atoms with Crippen molar-refractivity contribution in [3.05, 3.63) is 71.0 Å². The molecule has 2 N–H and O–H groups in total. The number of hydrogen-bond acceptors (Lipinski definition) is 6. The predicted octanol–water partition coefficient (Wildman–Crippen LogP) is 3.70. The number of para-hydroxylation sites is 1. The number of nitrogens with two attached hydrogens (primary N) is 1. The number of carbonyl (C=O) groups is 1. The first-order chi connectivity index (χ1) is 13.4. The third-order valence-corrected chi connectivity index (χ3v) is 4.07. The molecule has 0 aliphatic carbocycles. The topological polar surface area (TPSA) is 86.4 Å². The van der Waals surface area contributed by atoms with Crippen LogP contribution in [0.25, 0.3) is 5.76 Å². The number of anilines is 1. The normalized spacial score (nSPS) is 12.1. The van der Waals surface area contributed by atoms with E-state index in [1.54, 1.807) is 50.4 Å². The second-order valence-electron chi connectivity index (χ2n) is 5.75. The Kier molecular flexibility index (Phi) is 7.11. The molecule has 0 unspecified atom stereocenters. The number of amides is 1. The number of hydrogen-bond donors (Lipinski definition) is 1. The maximum atomic E-state index is 13.3. The van der Waals surface area contributed by atoms with Crippen LogP contribution in [0.3, 0.4) is 0 Å². The lowest BCUT2D eigenvalue weighted by Crippen LogP contribution is -2.27. The standard InChI is InChI=1S/C20H22FN3O4/c1-13(18(23-27-4)14-9-11-15(21)12-10-14)19(28-22)16-7-5-6-8-17(16)24(2)20(25)26-3/h5-12H,22H2,1-4H3/b19-13-,23-18+. The molecule has 7 nitrogen and oxygen atoms in total. The zero-order chi connectivity index (χ0) is 20.7. The minimum Gasteiger partial charge on any atom is -0.452 e. The molecule has 28 heavy (non-hydrogen) atoms. The Labute approximate surface area is 162 Å². The Morgan fingerprint density at radius 2 is 1.75 bits per heavy atom. The van der Waals surface area contributed by atoms with Crippen molar-refractivity contribution in [2.45, 2.75) is 6.92 Å². The van der Waals surface area contributed by atoms with Gasteiger partial charge in [-0.3, -0.25) is 4.90 Å². The van der Waals surface area contributed by atoms with Crippen LogP contribution >= 0.6 is 0 Å². The van der Waals surface area contributed by atoms with Gasteiger partial charge < -0.3 is 14.4 Å². The van der Waals surface area contributed by atoms with Gasteiger partial charge in [-0.15, -0.1) is 0 Å². The van der Waals surface area contributed by atoms with Crippen molar-refractivity contribution in [2.24, 2.45) is 11.1 Å². The highest BCUT2D eigenvalue weighted by atomic mass is 19.1. The molecule has 1 amide bonds. The number of ether oxygens (including phenoxy) is 1. The lowest BCUT2D eigenvalue weighted by Gasteiger charge is -2.21. The molecule has 0 saturated heterocycles. The molecule has 0 aliphatic heterocycles. The Hall–Kier alpha value is -3.39. The largest absolute Gasteiger partial charge is 0.452 e. The van der Waals surface area contributed by atoms with Crippen LogP contribution in [0.5, 0.6) is 0 Å². The molecule has 2 aromatic rings. The second kappa shape index (κ2) is 9.52. The number of rotatable bonds is 6. The molecule has 0 radical (unpaired) electrons. The number of halogens is 1. The van der Waals surface area contributed by atoms with E-state index in [1.807, 2.05) is 0 Å². The summed E-state index contributed by atoms with van der Waals surface area (Å²) in [6.45, 7) is 1.73. The van der Waals surface area contributed by atoms with Crippen LogP contribution < -0.4 is 10.8 Å². The van der Waals surface area contributed by atoms with Crippen molar-refractivity contribution in [2.75, 3.05) is 26.2 Å². The van der Waals surface area contributed by atoms with Gasteiger partial charge in [-0.2, -0.15) is 5.90 Å². The minimum absolute atomic E-state index is 0.270. The fourth-order valence-corrected chi connectivity index (χ4v) is 2.69. The fraction of sp³-hybridized carbons (Fsp3) is 0.200. The van der Waals surface area contributed by atoms with Crippen LogP contribution in [-0.2, 0) is 14.4 Å². The number of benzene rings is 2. The molecule has 8 heteroatoms. The van der Waals surface area contributed by atoms with E-state index in [4.69, 9.17) is 20.3 Å². The van der Waals surface area contributed by atoms with E-state index in [0.717, 1.165) is 0 Å². The van der Waals surface area contributed by atoms with Gasteiger partial charge in [0.05, 0.1) is 12.8 Å². The first kappa shape index (κ1) is 20.9. The summed E-state index contributed by atoms with van der Waals surface area (Å²) < 4.78 is 18.1. The Balaban J connectivity index is 2.64. The fourth-order valence-electron chi connectivity index (χ4n) is 2.69. The maximum absolute atomic E-state index is 13.3. The third kappa shape index (κ3) is 4.47. The monoisotopic (exact) mass is 387 g/mol. The Morgan fingerprint density at radius 1 is 1.11 bits per heavy atom. The highest BCUT2D eigenvalue weighted by Crippen LogP contribution is 2.30. The van der Waals surface area contributed by atoms with Crippen molar-refractivity contribution in [3.63, 3.8) is 0 Å². The highest BCUT2D eigenvalue weighted by Gasteiger charge is 2.21. The van der Waals surface area contributed by atoms with Gasteiger partial charge >= 0.3 is 6.09 Å². The zero-order valence-electron chi connectivity index (χ0n) is 16.1. The van der Waals surface area contributed by atoms with Gasteiger partial charge in [-0.1, -0.05) is 17.3 Å². The highest BCUT2D eigenvalue weighted by molar-refractivity contribution is 6.15. The van der Waals surface area contributed by atoms with Gasteiger partial charge in [-0.25, -0.2) is 9.18 Å². The van der Waals surface area contributed by atoms with Crippen LogP contribution in [0.15, 0.2) is 59.3 Å².